The number of aromatic nitrogens is 1. The van der Waals surface area contributed by atoms with E-state index in [2.05, 4.69) is 4.98 Å². The van der Waals surface area contributed by atoms with E-state index in [0.29, 0.717) is 22.6 Å². The molecule has 0 radical (unpaired) electrons. The molecular weight excluding hydrogens is 432 g/mol. The molecule has 0 unspecified atom stereocenters. The van der Waals surface area contributed by atoms with Crippen LogP contribution in [-0.4, -0.2) is 39.9 Å². The van der Waals surface area contributed by atoms with E-state index in [9.17, 15) is 14.7 Å². The molecule has 1 fully saturated rings. The highest BCUT2D eigenvalue weighted by atomic mass is 16.5. The normalized spacial score (nSPS) is 17.3. The summed E-state index contributed by atoms with van der Waals surface area (Å²) in [6.45, 7) is 4.05. The molecule has 0 spiro atoms. The van der Waals surface area contributed by atoms with Crippen LogP contribution in [0.5, 0.6) is 11.5 Å². The van der Waals surface area contributed by atoms with E-state index in [1.165, 1.54) is 4.90 Å². The summed E-state index contributed by atoms with van der Waals surface area (Å²) in [5.41, 5.74) is 1.93. The summed E-state index contributed by atoms with van der Waals surface area (Å²) in [5, 5.41) is 11.2. The summed E-state index contributed by atoms with van der Waals surface area (Å²) in [7, 11) is 1.55. The Labute approximate surface area is 198 Å². The number of ether oxygens (including phenoxy) is 2. The molecule has 1 aliphatic heterocycles. The van der Waals surface area contributed by atoms with Gasteiger partial charge in [-0.25, -0.2) is 0 Å². The lowest BCUT2D eigenvalue weighted by atomic mass is 9.95. The third kappa shape index (κ3) is 4.64. The van der Waals surface area contributed by atoms with Gasteiger partial charge in [-0.1, -0.05) is 18.2 Å². The molecule has 1 aliphatic rings. The van der Waals surface area contributed by atoms with Crippen LogP contribution in [0.2, 0.25) is 0 Å². The molecule has 1 saturated heterocycles. The molecule has 174 valence electrons. The first kappa shape index (κ1) is 23.0. The zero-order chi connectivity index (χ0) is 24.2. The van der Waals surface area contributed by atoms with Crippen molar-refractivity contribution in [1.82, 2.24) is 9.88 Å². The number of ketones is 1. The SMILES string of the molecule is COc1ccc(C(O)=C2C(=O)C(=O)N(Cc3cccnc3)[C@@H]2c2ccc(OC(C)C)cc2)cc1. The van der Waals surface area contributed by atoms with Crippen molar-refractivity contribution in [2.45, 2.75) is 32.5 Å². The van der Waals surface area contributed by atoms with Crippen molar-refractivity contribution >= 4 is 17.4 Å². The van der Waals surface area contributed by atoms with Crippen LogP contribution in [0.25, 0.3) is 5.76 Å². The lowest BCUT2D eigenvalue weighted by molar-refractivity contribution is -0.140. The molecular formula is C27H26N2O5. The molecule has 2 heterocycles. The van der Waals surface area contributed by atoms with Gasteiger partial charge in [-0.05, 0) is 67.4 Å². The molecule has 7 heteroatoms. The maximum atomic E-state index is 13.2. The second kappa shape index (κ2) is 9.79. The highest BCUT2D eigenvalue weighted by Crippen LogP contribution is 2.40. The molecule has 1 aromatic heterocycles. The number of carbonyl (C=O) groups is 2. The smallest absolute Gasteiger partial charge is 0.295 e. The van der Waals surface area contributed by atoms with Gasteiger partial charge in [0.1, 0.15) is 17.3 Å². The largest absolute Gasteiger partial charge is 0.507 e. The van der Waals surface area contributed by atoms with Crippen LogP contribution in [0.15, 0.2) is 78.6 Å². The van der Waals surface area contributed by atoms with Crippen LogP contribution >= 0.6 is 0 Å². The summed E-state index contributed by atoms with van der Waals surface area (Å²) in [6.07, 6.45) is 3.31. The lowest BCUT2D eigenvalue weighted by Crippen LogP contribution is -2.29. The van der Waals surface area contributed by atoms with Crippen LogP contribution in [0.4, 0.5) is 0 Å². The van der Waals surface area contributed by atoms with E-state index in [0.717, 1.165) is 5.56 Å². The number of methoxy groups -OCH3 is 1. The average Bonchev–Trinajstić information content (AvgIpc) is 3.09. The second-order valence-corrected chi connectivity index (χ2v) is 8.25. The molecule has 1 amide bonds. The van der Waals surface area contributed by atoms with Gasteiger partial charge in [-0.3, -0.25) is 14.6 Å². The maximum absolute atomic E-state index is 13.2. The van der Waals surface area contributed by atoms with Gasteiger partial charge in [0, 0.05) is 24.5 Å². The first-order chi connectivity index (χ1) is 16.4. The van der Waals surface area contributed by atoms with Crippen LogP contribution in [0, 0.1) is 0 Å². The molecule has 0 bridgehead atoms. The van der Waals surface area contributed by atoms with Gasteiger partial charge in [-0.15, -0.1) is 0 Å². The number of rotatable bonds is 7. The van der Waals surface area contributed by atoms with Gasteiger partial charge >= 0.3 is 0 Å². The number of pyridine rings is 1. The first-order valence-corrected chi connectivity index (χ1v) is 11.0. The highest BCUT2D eigenvalue weighted by molar-refractivity contribution is 6.46. The zero-order valence-corrected chi connectivity index (χ0v) is 19.3. The Balaban J connectivity index is 1.80. The minimum Gasteiger partial charge on any atom is -0.507 e. The van der Waals surface area contributed by atoms with E-state index in [1.54, 1.807) is 62.0 Å². The summed E-state index contributed by atoms with van der Waals surface area (Å²) >= 11 is 0. The Hall–Kier alpha value is -4.13. The van der Waals surface area contributed by atoms with Gasteiger partial charge < -0.3 is 19.5 Å². The average molecular weight is 459 g/mol. The van der Waals surface area contributed by atoms with Crippen molar-refractivity contribution in [1.29, 1.82) is 0 Å². The molecule has 7 nitrogen and oxygen atoms in total. The monoisotopic (exact) mass is 458 g/mol. The van der Waals surface area contributed by atoms with E-state index < -0.39 is 17.7 Å². The minimum atomic E-state index is -0.768. The molecule has 4 rings (SSSR count). The van der Waals surface area contributed by atoms with Gasteiger partial charge in [0.05, 0.1) is 24.8 Å². The summed E-state index contributed by atoms with van der Waals surface area (Å²) in [4.78, 5) is 31.9. The zero-order valence-electron chi connectivity index (χ0n) is 19.3. The fourth-order valence-corrected chi connectivity index (χ4v) is 3.98. The van der Waals surface area contributed by atoms with Crippen molar-refractivity contribution in [3.8, 4) is 11.5 Å². The van der Waals surface area contributed by atoms with E-state index in [1.807, 2.05) is 32.0 Å². The predicted octanol–water partition coefficient (Wildman–Crippen LogP) is 4.50. The van der Waals surface area contributed by atoms with Crippen molar-refractivity contribution in [3.63, 3.8) is 0 Å². The number of hydrogen-bond donors (Lipinski definition) is 1. The summed E-state index contributed by atoms with van der Waals surface area (Å²) in [6, 6.07) is 16.7. The van der Waals surface area contributed by atoms with Crippen molar-refractivity contribution in [2.75, 3.05) is 7.11 Å². The lowest BCUT2D eigenvalue weighted by Gasteiger charge is -2.25. The molecule has 2 aromatic carbocycles. The molecule has 3 aromatic rings. The van der Waals surface area contributed by atoms with Crippen molar-refractivity contribution < 1.29 is 24.2 Å². The number of aliphatic hydroxyl groups excluding tert-OH is 1. The number of benzene rings is 2. The van der Waals surface area contributed by atoms with Gasteiger partial charge in [0.2, 0.25) is 0 Å². The molecule has 1 N–H and O–H groups in total. The number of aliphatic hydroxyl groups is 1. The van der Waals surface area contributed by atoms with Crippen LogP contribution in [0.1, 0.15) is 36.6 Å². The standard InChI is InChI=1S/C27H26N2O5/c1-17(2)34-22-12-6-19(7-13-22)24-23(25(30)20-8-10-21(33-3)11-9-20)26(31)27(32)29(24)16-18-5-4-14-28-15-18/h4-15,17,24,30H,16H2,1-3H3/t24-/m1/s1. The van der Waals surface area contributed by atoms with Gasteiger partial charge in [0.25, 0.3) is 11.7 Å². The number of Topliss-reactive ketones (excluding diaryl/α,β-unsaturated/α-hetero) is 1. The summed E-state index contributed by atoms with van der Waals surface area (Å²) < 4.78 is 10.9. The van der Waals surface area contributed by atoms with Crippen molar-refractivity contribution in [3.05, 3.63) is 95.3 Å². The molecule has 0 aliphatic carbocycles. The Morgan fingerprint density at radius 3 is 2.29 bits per heavy atom. The fraction of sp³-hybridized carbons (Fsp3) is 0.222. The van der Waals surface area contributed by atoms with E-state index >= 15 is 0 Å². The van der Waals surface area contributed by atoms with Crippen LogP contribution < -0.4 is 9.47 Å². The Morgan fingerprint density at radius 1 is 1.03 bits per heavy atom. The quantitative estimate of drug-likeness (QED) is 0.319. The van der Waals surface area contributed by atoms with E-state index in [-0.39, 0.29) is 24.0 Å². The van der Waals surface area contributed by atoms with E-state index in [4.69, 9.17) is 9.47 Å². The Bertz CT molecular complexity index is 1200. The van der Waals surface area contributed by atoms with Gasteiger partial charge in [0.15, 0.2) is 0 Å². The predicted molar refractivity (Wildman–Crippen MR) is 127 cm³/mol. The number of hydrogen-bond acceptors (Lipinski definition) is 6. The number of amides is 1. The molecule has 34 heavy (non-hydrogen) atoms. The Kier molecular flexibility index (Phi) is 6.63. The third-order valence-corrected chi connectivity index (χ3v) is 5.55. The second-order valence-electron chi connectivity index (χ2n) is 8.25. The molecule has 0 saturated carbocycles. The van der Waals surface area contributed by atoms with Gasteiger partial charge in [-0.2, -0.15) is 0 Å². The minimum absolute atomic E-state index is 0.0112. The van der Waals surface area contributed by atoms with Crippen molar-refractivity contribution in [2.24, 2.45) is 0 Å². The number of nitrogens with zero attached hydrogens (tertiary/aromatic N) is 2. The summed E-state index contributed by atoms with van der Waals surface area (Å²) in [5.74, 6) is -0.345. The topological polar surface area (TPSA) is 89.0 Å². The maximum Gasteiger partial charge on any atom is 0.295 e. The van der Waals surface area contributed by atoms with Crippen LogP contribution in [-0.2, 0) is 16.1 Å². The number of carbonyl (C=O) groups excluding carboxylic acids is 2. The fourth-order valence-electron chi connectivity index (χ4n) is 3.98. The highest BCUT2D eigenvalue weighted by Gasteiger charge is 2.46. The number of likely N-dealkylation sites (tertiary alicyclic amines) is 1. The van der Waals surface area contributed by atoms with Crippen LogP contribution in [0.3, 0.4) is 0 Å². The molecule has 1 atom stereocenters. The first-order valence-electron chi connectivity index (χ1n) is 11.0. The third-order valence-electron chi connectivity index (χ3n) is 5.55. The Morgan fingerprint density at radius 2 is 1.71 bits per heavy atom.